The Morgan fingerprint density at radius 2 is 1.88 bits per heavy atom. The van der Waals surface area contributed by atoms with Crippen LogP contribution in [0.25, 0.3) is 0 Å². The van der Waals surface area contributed by atoms with E-state index in [0.717, 1.165) is 25.1 Å². The number of carboxylic acid groups (broad SMARTS) is 1. The Kier molecular flexibility index (Phi) is 5.54. The van der Waals surface area contributed by atoms with Crippen LogP contribution in [-0.4, -0.2) is 48.4 Å². The Labute approximate surface area is 152 Å². The summed E-state index contributed by atoms with van der Waals surface area (Å²) in [6, 6.07) is 12.9. The largest absolute Gasteiger partial charge is 0.491 e. The van der Waals surface area contributed by atoms with Gasteiger partial charge in [0.2, 0.25) is 0 Å². The van der Waals surface area contributed by atoms with Gasteiger partial charge in [0.15, 0.2) is 0 Å². The third-order valence-electron chi connectivity index (χ3n) is 4.75. The Hall–Kier alpha value is -2.44. The van der Waals surface area contributed by atoms with Crippen molar-refractivity contribution >= 4 is 5.97 Å². The van der Waals surface area contributed by atoms with Crippen LogP contribution in [0.3, 0.4) is 0 Å². The summed E-state index contributed by atoms with van der Waals surface area (Å²) in [5.74, 6) is -0.598. The first-order valence-corrected chi connectivity index (χ1v) is 8.48. The van der Waals surface area contributed by atoms with Crippen molar-refractivity contribution in [3.63, 3.8) is 0 Å². The standard InChI is InChI=1S/C20H22FNO4/c1-25-20(14-26-18-8-6-17(21)7-9-18)10-11-22(13-20)12-15-2-4-16(5-3-15)19(23)24/h2-9H,10-14H2,1H3,(H,23,24)/t20-/m0/s1. The summed E-state index contributed by atoms with van der Waals surface area (Å²) in [5, 5.41) is 8.97. The lowest BCUT2D eigenvalue weighted by molar-refractivity contribution is -0.0359. The Morgan fingerprint density at radius 1 is 1.19 bits per heavy atom. The normalized spacial score (nSPS) is 20.2. The minimum Gasteiger partial charge on any atom is -0.491 e. The zero-order valence-corrected chi connectivity index (χ0v) is 14.7. The van der Waals surface area contributed by atoms with Crippen LogP contribution in [0.4, 0.5) is 4.39 Å². The molecule has 0 spiro atoms. The molecule has 1 heterocycles. The van der Waals surface area contributed by atoms with E-state index in [-0.39, 0.29) is 11.4 Å². The fourth-order valence-electron chi connectivity index (χ4n) is 3.16. The molecule has 1 aliphatic heterocycles. The number of carbonyl (C=O) groups is 1. The molecule has 1 N–H and O–H groups in total. The molecule has 2 aromatic rings. The minimum absolute atomic E-state index is 0.286. The van der Waals surface area contributed by atoms with Crippen LogP contribution in [0.15, 0.2) is 48.5 Å². The monoisotopic (exact) mass is 359 g/mol. The highest BCUT2D eigenvalue weighted by Crippen LogP contribution is 2.27. The summed E-state index contributed by atoms with van der Waals surface area (Å²) in [5.41, 5.74) is 0.936. The van der Waals surface area contributed by atoms with E-state index in [1.807, 2.05) is 12.1 Å². The second-order valence-electron chi connectivity index (χ2n) is 6.59. The summed E-state index contributed by atoms with van der Waals surface area (Å²) in [6.45, 7) is 2.69. The maximum Gasteiger partial charge on any atom is 0.335 e. The number of likely N-dealkylation sites (tertiary alicyclic amines) is 1. The van der Waals surface area contributed by atoms with Crippen LogP contribution in [0.5, 0.6) is 5.75 Å². The number of hydrogen-bond donors (Lipinski definition) is 1. The number of hydrogen-bond acceptors (Lipinski definition) is 4. The number of carboxylic acids is 1. The molecule has 6 heteroatoms. The number of rotatable bonds is 7. The molecule has 138 valence electrons. The SMILES string of the molecule is CO[C@@]1(COc2ccc(F)cc2)CCN(Cc2ccc(C(=O)O)cc2)C1. The third kappa shape index (κ3) is 4.39. The van der Waals surface area contributed by atoms with Crippen LogP contribution in [0, 0.1) is 5.82 Å². The molecule has 0 saturated carbocycles. The molecule has 1 saturated heterocycles. The second-order valence-corrected chi connectivity index (χ2v) is 6.59. The summed E-state index contributed by atoms with van der Waals surface area (Å²) in [4.78, 5) is 13.2. The van der Waals surface area contributed by atoms with Gasteiger partial charge >= 0.3 is 5.97 Å². The summed E-state index contributed by atoms with van der Waals surface area (Å²) < 4.78 is 24.5. The van der Waals surface area contributed by atoms with Crippen molar-refractivity contribution in [3.05, 3.63) is 65.5 Å². The van der Waals surface area contributed by atoms with Crippen LogP contribution in [0.1, 0.15) is 22.3 Å². The smallest absolute Gasteiger partial charge is 0.335 e. The molecule has 5 nitrogen and oxygen atoms in total. The molecule has 3 rings (SSSR count). The van der Waals surface area contributed by atoms with Crippen molar-refractivity contribution in [2.24, 2.45) is 0 Å². The van der Waals surface area contributed by atoms with Crippen LogP contribution < -0.4 is 4.74 Å². The van der Waals surface area contributed by atoms with Gasteiger partial charge in [0, 0.05) is 26.7 Å². The number of halogens is 1. The zero-order chi connectivity index (χ0) is 18.6. The van der Waals surface area contributed by atoms with Gasteiger partial charge in [-0.15, -0.1) is 0 Å². The Morgan fingerprint density at radius 3 is 2.50 bits per heavy atom. The zero-order valence-electron chi connectivity index (χ0n) is 14.7. The molecular formula is C20H22FNO4. The lowest BCUT2D eigenvalue weighted by atomic mass is 10.0. The van der Waals surface area contributed by atoms with E-state index < -0.39 is 11.6 Å². The van der Waals surface area contributed by atoms with E-state index in [2.05, 4.69) is 4.90 Å². The maximum absolute atomic E-state index is 13.0. The Bertz CT molecular complexity index is 747. The van der Waals surface area contributed by atoms with Gasteiger partial charge in [-0.25, -0.2) is 9.18 Å². The molecule has 1 aliphatic rings. The fourth-order valence-corrected chi connectivity index (χ4v) is 3.16. The number of nitrogens with zero attached hydrogens (tertiary/aromatic N) is 1. The van der Waals surface area contributed by atoms with Crippen LogP contribution >= 0.6 is 0 Å². The molecule has 0 amide bonds. The lowest BCUT2D eigenvalue weighted by Crippen LogP contribution is -2.41. The average molecular weight is 359 g/mol. The van der Waals surface area contributed by atoms with E-state index >= 15 is 0 Å². The van der Waals surface area contributed by atoms with Gasteiger partial charge in [-0.2, -0.15) is 0 Å². The van der Waals surface area contributed by atoms with Gasteiger partial charge < -0.3 is 14.6 Å². The predicted molar refractivity (Wildman–Crippen MR) is 94.9 cm³/mol. The molecule has 1 fully saturated rings. The molecule has 0 radical (unpaired) electrons. The highest BCUT2D eigenvalue weighted by Gasteiger charge is 2.39. The topological polar surface area (TPSA) is 59.0 Å². The fraction of sp³-hybridized carbons (Fsp3) is 0.350. The lowest BCUT2D eigenvalue weighted by Gasteiger charge is -2.28. The van der Waals surface area contributed by atoms with Gasteiger partial charge in [-0.3, -0.25) is 4.90 Å². The number of ether oxygens (including phenoxy) is 2. The van der Waals surface area contributed by atoms with E-state index in [4.69, 9.17) is 14.6 Å². The summed E-state index contributed by atoms with van der Waals surface area (Å²) in [6.07, 6.45) is 0.831. The third-order valence-corrected chi connectivity index (χ3v) is 4.75. The second kappa shape index (κ2) is 7.85. The van der Waals surface area contributed by atoms with Crippen molar-refractivity contribution in [1.29, 1.82) is 0 Å². The van der Waals surface area contributed by atoms with Gasteiger partial charge in [0.05, 0.1) is 5.56 Å². The minimum atomic E-state index is -0.922. The van der Waals surface area contributed by atoms with Gasteiger partial charge in [-0.1, -0.05) is 12.1 Å². The van der Waals surface area contributed by atoms with E-state index in [0.29, 0.717) is 18.9 Å². The first-order valence-electron chi connectivity index (χ1n) is 8.48. The van der Waals surface area contributed by atoms with Crippen LogP contribution in [-0.2, 0) is 11.3 Å². The molecule has 0 unspecified atom stereocenters. The molecular weight excluding hydrogens is 337 g/mol. The van der Waals surface area contributed by atoms with Gasteiger partial charge in [0.1, 0.15) is 23.8 Å². The van der Waals surface area contributed by atoms with E-state index in [9.17, 15) is 9.18 Å². The highest BCUT2D eigenvalue weighted by molar-refractivity contribution is 5.87. The molecule has 0 aromatic heterocycles. The predicted octanol–water partition coefficient (Wildman–Crippen LogP) is 3.19. The molecule has 0 bridgehead atoms. The number of methoxy groups -OCH3 is 1. The van der Waals surface area contributed by atoms with E-state index in [1.54, 1.807) is 31.4 Å². The van der Waals surface area contributed by atoms with E-state index in [1.165, 1.54) is 12.1 Å². The van der Waals surface area contributed by atoms with Crippen molar-refractivity contribution in [3.8, 4) is 5.75 Å². The Balaban J connectivity index is 1.57. The van der Waals surface area contributed by atoms with Crippen molar-refractivity contribution in [2.45, 2.75) is 18.6 Å². The molecule has 0 aliphatic carbocycles. The summed E-state index contributed by atoms with van der Waals surface area (Å²) >= 11 is 0. The quantitative estimate of drug-likeness (QED) is 0.823. The van der Waals surface area contributed by atoms with Crippen LogP contribution in [0.2, 0.25) is 0 Å². The molecule has 2 aromatic carbocycles. The van der Waals surface area contributed by atoms with Crippen molar-refractivity contribution in [1.82, 2.24) is 4.90 Å². The first-order chi connectivity index (χ1) is 12.5. The van der Waals surface area contributed by atoms with Gasteiger partial charge in [0.25, 0.3) is 0 Å². The average Bonchev–Trinajstić information content (AvgIpc) is 3.05. The first kappa shape index (κ1) is 18.4. The van der Waals surface area contributed by atoms with Crippen molar-refractivity contribution in [2.75, 3.05) is 26.8 Å². The van der Waals surface area contributed by atoms with Crippen molar-refractivity contribution < 1.29 is 23.8 Å². The number of benzene rings is 2. The van der Waals surface area contributed by atoms with Gasteiger partial charge in [-0.05, 0) is 48.4 Å². The highest BCUT2D eigenvalue weighted by atomic mass is 19.1. The molecule has 26 heavy (non-hydrogen) atoms. The molecule has 1 atom stereocenters. The maximum atomic E-state index is 13.0. The summed E-state index contributed by atoms with van der Waals surface area (Å²) in [7, 11) is 1.68. The number of aromatic carboxylic acids is 1.